The van der Waals surface area contributed by atoms with Crippen LogP contribution in [0.5, 0.6) is 0 Å². The predicted molar refractivity (Wildman–Crippen MR) is 41.7 cm³/mol. The number of fused-ring (bicyclic) bond motifs is 1. The molecule has 3 N–H and O–H groups in total. The van der Waals surface area contributed by atoms with Gasteiger partial charge in [0.25, 0.3) is 0 Å². The van der Waals surface area contributed by atoms with E-state index in [-0.39, 0.29) is 0 Å². The van der Waals surface area contributed by atoms with Gasteiger partial charge in [0, 0.05) is 0 Å². The molecule has 0 spiro atoms. The minimum atomic E-state index is 0.532. The lowest BCUT2D eigenvalue weighted by atomic mass is 10.6. The first-order valence-corrected chi connectivity index (χ1v) is 3.81. The van der Waals surface area contributed by atoms with Crippen molar-refractivity contribution >= 4 is 23.1 Å². The number of imidazole rings is 1. The van der Waals surface area contributed by atoms with Crippen LogP contribution in [0.3, 0.4) is 0 Å². The number of hydrogen-bond acceptors (Lipinski definition) is 5. The summed E-state index contributed by atoms with van der Waals surface area (Å²) in [5, 5.41) is 5.80. The maximum Gasteiger partial charge on any atom is 0.204 e. The molecule has 6 heteroatoms. The van der Waals surface area contributed by atoms with Crippen molar-refractivity contribution in [3.63, 3.8) is 0 Å². The van der Waals surface area contributed by atoms with Crippen molar-refractivity contribution in [2.45, 2.75) is 5.16 Å². The quantitative estimate of drug-likeness (QED) is 0.472. The van der Waals surface area contributed by atoms with Crippen LogP contribution in [0.2, 0.25) is 0 Å². The largest absolute Gasteiger partial charge is 0.342 e. The summed E-state index contributed by atoms with van der Waals surface area (Å²) >= 11 is 1.01. The van der Waals surface area contributed by atoms with Crippen molar-refractivity contribution in [3.8, 4) is 0 Å². The average molecular weight is 167 g/mol. The Bertz CT molecular complexity index is 370. The first kappa shape index (κ1) is 6.56. The van der Waals surface area contributed by atoms with Crippen molar-refractivity contribution in [2.75, 3.05) is 0 Å². The number of hydrogen-bond donors (Lipinski definition) is 2. The van der Waals surface area contributed by atoms with Gasteiger partial charge in [0.15, 0.2) is 5.65 Å². The van der Waals surface area contributed by atoms with Gasteiger partial charge in [-0.2, -0.15) is 4.98 Å². The van der Waals surface area contributed by atoms with Gasteiger partial charge < -0.3 is 4.98 Å². The second kappa shape index (κ2) is 2.48. The molecule has 2 aromatic rings. The third kappa shape index (κ3) is 1.06. The zero-order valence-electron chi connectivity index (χ0n) is 5.48. The summed E-state index contributed by atoms with van der Waals surface area (Å²) in [6, 6.07) is 0. The maximum atomic E-state index is 5.26. The highest BCUT2D eigenvalue weighted by molar-refractivity contribution is 7.96. The molecule has 2 rings (SSSR count). The van der Waals surface area contributed by atoms with E-state index in [2.05, 4.69) is 19.9 Å². The van der Waals surface area contributed by atoms with E-state index in [9.17, 15) is 0 Å². The highest BCUT2D eigenvalue weighted by Crippen LogP contribution is 2.08. The third-order valence-electron chi connectivity index (χ3n) is 1.26. The van der Waals surface area contributed by atoms with Gasteiger partial charge in [-0.3, -0.25) is 5.14 Å². The van der Waals surface area contributed by atoms with E-state index in [4.69, 9.17) is 5.14 Å². The van der Waals surface area contributed by atoms with Gasteiger partial charge in [0.2, 0.25) is 5.16 Å². The molecule has 5 nitrogen and oxygen atoms in total. The lowest BCUT2D eigenvalue weighted by molar-refractivity contribution is 0.995. The molecule has 0 fully saturated rings. The Labute approximate surface area is 66.6 Å². The molecule has 0 aliphatic carbocycles. The van der Waals surface area contributed by atoms with E-state index in [1.807, 2.05) is 0 Å². The molecule has 0 atom stereocenters. The average Bonchev–Trinajstić information content (AvgIpc) is 2.50. The molecule has 0 aliphatic rings. The standard InChI is InChI=1S/C5H5N5S/c6-11-5-7-1-3-4(10-5)9-2-8-3/h1-2H,6H2,(H,7,8,9,10). The number of aromatic amines is 1. The van der Waals surface area contributed by atoms with Crippen LogP contribution in [-0.4, -0.2) is 19.9 Å². The molecule has 0 saturated heterocycles. The molecule has 0 amide bonds. The molecule has 0 aromatic carbocycles. The van der Waals surface area contributed by atoms with Gasteiger partial charge >= 0.3 is 0 Å². The Morgan fingerprint density at radius 2 is 2.36 bits per heavy atom. The molecule has 0 radical (unpaired) electrons. The second-order valence-corrected chi connectivity index (χ2v) is 2.51. The van der Waals surface area contributed by atoms with Crippen LogP contribution in [0.4, 0.5) is 0 Å². The van der Waals surface area contributed by atoms with Gasteiger partial charge in [-0.1, -0.05) is 0 Å². The lowest BCUT2D eigenvalue weighted by Gasteiger charge is -1.90. The van der Waals surface area contributed by atoms with Crippen LogP contribution in [0.25, 0.3) is 11.2 Å². The highest BCUT2D eigenvalue weighted by Gasteiger charge is 1.99. The Balaban J connectivity index is 2.67. The van der Waals surface area contributed by atoms with E-state index >= 15 is 0 Å². The van der Waals surface area contributed by atoms with Crippen LogP contribution < -0.4 is 5.14 Å². The van der Waals surface area contributed by atoms with Crippen molar-refractivity contribution < 1.29 is 0 Å². The van der Waals surface area contributed by atoms with Crippen LogP contribution >= 0.6 is 11.9 Å². The van der Waals surface area contributed by atoms with Crippen LogP contribution in [0.15, 0.2) is 17.7 Å². The van der Waals surface area contributed by atoms with Crippen LogP contribution in [0.1, 0.15) is 0 Å². The van der Waals surface area contributed by atoms with Gasteiger partial charge in [0.05, 0.1) is 12.5 Å². The summed E-state index contributed by atoms with van der Waals surface area (Å²) in [5.41, 5.74) is 1.47. The smallest absolute Gasteiger partial charge is 0.204 e. The van der Waals surface area contributed by atoms with Crippen molar-refractivity contribution in [3.05, 3.63) is 12.5 Å². The van der Waals surface area contributed by atoms with E-state index in [0.29, 0.717) is 10.8 Å². The Morgan fingerprint density at radius 1 is 1.45 bits per heavy atom. The molecule has 0 bridgehead atoms. The molecule has 56 valence electrons. The fraction of sp³-hybridized carbons (Fsp3) is 0. The summed E-state index contributed by atoms with van der Waals surface area (Å²) in [7, 11) is 0. The van der Waals surface area contributed by atoms with E-state index in [1.165, 1.54) is 0 Å². The number of nitrogens with one attached hydrogen (secondary N) is 1. The second-order valence-electron chi connectivity index (χ2n) is 1.91. The minimum absolute atomic E-state index is 0.532. The van der Waals surface area contributed by atoms with Crippen molar-refractivity contribution in [1.29, 1.82) is 0 Å². The first-order valence-electron chi connectivity index (χ1n) is 2.93. The zero-order valence-corrected chi connectivity index (χ0v) is 6.30. The molecular formula is C5H5N5S. The Morgan fingerprint density at radius 3 is 3.18 bits per heavy atom. The fourth-order valence-corrected chi connectivity index (χ4v) is 1.03. The minimum Gasteiger partial charge on any atom is -0.342 e. The predicted octanol–water partition coefficient (Wildman–Crippen LogP) is 0.319. The SMILES string of the molecule is NSc1ncc2[nH]cnc2n1. The van der Waals surface area contributed by atoms with E-state index in [1.54, 1.807) is 12.5 Å². The number of nitrogens with zero attached hydrogens (tertiary/aromatic N) is 3. The van der Waals surface area contributed by atoms with Crippen LogP contribution in [0, 0.1) is 0 Å². The topological polar surface area (TPSA) is 80.5 Å². The Hall–Kier alpha value is -1.14. The van der Waals surface area contributed by atoms with Crippen LogP contribution in [-0.2, 0) is 0 Å². The maximum absolute atomic E-state index is 5.26. The van der Waals surface area contributed by atoms with Crippen molar-refractivity contribution in [2.24, 2.45) is 5.14 Å². The molecule has 11 heavy (non-hydrogen) atoms. The Kier molecular flexibility index (Phi) is 1.48. The summed E-state index contributed by atoms with van der Waals surface area (Å²) in [5.74, 6) is 0. The zero-order chi connectivity index (χ0) is 7.68. The number of nitrogens with two attached hydrogens (primary N) is 1. The third-order valence-corrected chi connectivity index (χ3v) is 1.67. The highest BCUT2D eigenvalue weighted by atomic mass is 32.2. The van der Waals surface area contributed by atoms with Gasteiger partial charge in [-0.05, 0) is 11.9 Å². The van der Waals surface area contributed by atoms with E-state index in [0.717, 1.165) is 17.5 Å². The summed E-state index contributed by atoms with van der Waals surface area (Å²) in [6.45, 7) is 0. The number of H-pyrrole nitrogens is 1. The molecule has 2 aromatic heterocycles. The molecule has 0 unspecified atom stereocenters. The first-order chi connectivity index (χ1) is 5.40. The lowest BCUT2D eigenvalue weighted by Crippen LogP contribution is -1.89. The fourth-order valence-electron chi connectivity index (χ4n) is 0.777. The number of aromatic nitrogens is 4. The number of rotatable bonds is 1. The summed E-state index contributed by atoms with van der Waals surface area (Å²) in [4.78, 5) is 14.8. The summed E-state index contributed by atoms with van der Waals surface area (Å²) in [6.07, 6.45) is 3.23. The van der Waals surface area contributed by atoms with Crippen molar-refractivity contribution in [1.82, 2.24) is 19.9 Å². The van der Waals surface area contributed by atoms with E-state index < -0.39 is 0 Å². The molecule has 0 aliphatic heterocycles. The summed E-state index contributed by atoms with van der Waals surface area (Å²) < 4.78 is 0. The molecular weight excluding hydrogens is 162 g/mol. The van der Waals surface area contributed by atoms with Gasteiger partial charge in [0.1, 0.15) is 5.52 Å². The monoisotopic (exact) mass is 167 g/mol. The van der Waals surface area contributed by atoms with Gasteiger partial charge in [-0.15, -0.1) is 0 Å². The molecule has 0 saturated carbocycles. The molecule has 2 heterocycles. The normalized spacial score (nSPS) is 10.6. The van der Waals surface area contributed by atoms with Gasteiger partial charge in [-0.25, -0.2) is 9.97 Å².